The zero-order valence-corrected chi connectivity index (χ0v) is 12.5. The molecule has 0 bridgehead atoms. The summed E-state index contributed by atoms with van der Waals surface area (Å²) in [6.07, 6.45) is 1.74. The normalized spacial score (nSPS) is 10.5. The Balaban J connectivity index is 2.00. The number of aromatic nitrogens is 2. The fourth-order valence-corrected chi connectivity index (χ4v) is 3.47. The second kappa shape index (κ2) is 5.24. The van der Waals surface area contributed by atoms with Crippen LogP contribution in [-0.4, -0.2) is 15.9 Å². The highest BCUT2D eigenvalue weighted by molar-refractivity contribution is 9.11. The zero-order valence-electron chi connectivity index (χ0n) is 9.28. The van der Waals surface area contributed by atoms with Gasteiger partial charge in [-0.2, -0.15) is 0 Å². The van der Waals surface area contributed by atoms with E-state index in [1.54, 1.807) is 6.20 Å². The number of hydrogen-bond donors (Lipinski definition) is 1. The smallest absolute Gasteiger partial charge is 0.271 e. The molecule has 0 radical (unpaired) electrons. The third kappa shape index (κ3) is 3.11. The third-order valence-electron chi connectivity index (χ3n) is 2.07. The maximum Gasteiger partial charge on any atom is 0.271 e. The average Bonchev–Trinajstić information content (AvgIpc) is 2.81. The van der Waals surface area contributed by atoms with E-state index in [2.05, 4.69) is 31.2 Å². The molecule has 2 heterocycles. The molecule has 0 saturated heterocycles. The number of amides is 1. The van der Waals surface area contributed by atoms with Crippen molar-refractivity contribution < 1.29 is 4.79 Å². The van der Waals surface area contributed by atoms with Gasteiger partial charge in [0.15, 0.2) is 3.92 Å². The highest BCUT2D eigenvalue weighted by Crippen LogP contribution is 2.19. The van der Waals surface area contributed by atoms with Crippen LogP contribution in [-0.2, 0) is 6.54 Å². The molecule has 17 heavy (non-hydrogen) atoms. The maximum absolute atomic E-state index is 11.9. The number of halogens is 1. The Morgan fingerprint density at radius 1 is 1.47 bits per heavy atom. The summed E-state index contributed by atoms with van der Waals surface area (Å²) in [6, 6.07) is 0. The summed E-state index contributed by atoms with van der Waals surface area (Å²) >= 11 is 6.32. The first-order valence-electron chi connectivity index (χ1n) is 4.88. The minimum Gasteiger partial charge on any atom is -0.346 e. The van der Waals surface area contributed by atoms with Crippen LogP contribution in [0.3, 0.4) is 0 Å². The predicted molar refractivity (Wildman–Crippen MR) is 72.6 cm³/mol. The van der Waals surface area contributed by atoms with E-state index in [1.165, 1.54) is 22.7 Å². The number of thiazole rings is 2. The number of carbonyl (C=O) groups excluding carboxylic acids is 1. The molecule has 0 unspecified atom stereocenters. The van der Waals surface area contributed by atoms with Crippen LogP contribution < -0.4 is 5.32 Å². The largest absolute Gasteiger partial charge is 0.346 e. The number of nitrogens with zero attached hydrogens (tertiary/aromatic N) is 2. The Morgan fingerprint density at radius 2 is 2.24 bits per heavy atom. The second-order valence-electron chi connectivity index (χ2n) is 3.40. The Kier molecular flexibility index (Phi) is 3.90. The van der Waals surface area contributed by atoms with Crippen molar-refractivity contribution in [2.75, 3.05) is 0 Å². The standard InChI is InChI=1S/C10H10BrN3OS2/c1-5-8(14-6(2)16-5)9(15)12-3-7-4-13-10(11)17-7/h4H,3H2,1-2H3,(H,12,15). The zero-order chi connectivity index (χ0) is 12.4. The second-order valence-corrected chi connectivity index (χ2v) is 7.20. The first-order chi connectivity index (χ1) is 8.06. The van der Waals surface area contributed by atoms with Crippen LogP contribution in [0.1, 0.15) is 25.3 Å². The minimum absolute atomic E-state index is 0.128. The Bertz CT molecular complexity index is 549. The van der Waals surface area contributed by atoms with Gasteiger partial charge in [0, 0.05) is 16.0 Å². The van der Waals surface area contributed by atoms with E-state index in [1.807, 2.05) is 13.8 Å². The first kappa shape index (κ1) is 12.7. The van der Waals surface area contributed by atoms with E-state index in [9.17, 15) is 4.79 Å². The molecule has 1 amide bonds. The molecule has 4 nitrogen and oxygen atoms in total. The number of carbonyl (C=O) groups is 1. The van der Waals surface area contributed by atoms with Crippen molar-refractivity contribution in [1.29, 1.82) is 0 Å². The van der Waals surface area contributed by atoms with Crippen LogP contribution in [0.15, 0.2) is 10.1 Å². The van der Waals surface area contributed by atoms with Gasteiger partial charge in [-0.3, -0.25) is 4.79 Å². The van der Waals surface area contributed by atoms with Crippen molar-refractivity contribution in [3.63, 3.8) is 0 Å². The summed E-state index contributed by atoms with van der Waals surface area (Å²) in [4.78, 5) is 22.1. The van der Waals surface area contributed by atoms with Gasteiger partial charge in [0.1, 0.15) is 5.69 Å². The van der Waals surface area contributed by atoms with Crippen LogP contribution in [0, 0.1) is 13.8 Å². The Labute approximate surface area is 115 Å². The lowest BCUT2D eigenvalue weighted by molar-refractivity contribution is 0.0946. The van der Waals surface area contributed by atoms with Gasteiger partial charge in [0.25, 0.3) is 5.91 Å². The van der Waals surface area contributed by atoms with Crippen molar-refractivity contribution in [2.24, 2.45) is 0 Å². The van der Waals surface area contributed by atoms with Gasteiger partial charge in [-0.25, -0.2) is 9.97 Å². The van der Waals surface area contributed by atoms with Crippen molar-refractivity contribution in [2.45, 2.75) is 20.4 Å². The van der Waals surface area contributed by atoms with Gasteiger partial charge in [-0.15, -0.1) is 22.7 Å². The molecule has 7 heteroatoms. The highest BCUT2D eigenvalue weighted by atomic mass is 79.9. The summed E-state index contributed by atoms with van der Waals surface area (Å²) < 4.78 is 0.822. The average molecular weight is 332 g/mol. The summed E-state index contributed by atoms with van der Waals surface area (Å²) in [5.74, 6) is -0.128. The van der Waals surface area contributed by atoms with Crippen LogP contribution in [0.5, 0.6) is 0 Å². The quantitative estimate of drug-likeness (QED) is 0.940. The van der Waals surface area contributed by atoms with Crippen LogP contribution in [0.25, 0.3) is 0 Å². The van der Waals surface area contributed by atoms with Gasteiger partial charge in [0.05, 0.1) is 11.6 Å². The minimum atomic E-state index is -0.128. The third-order valence-corrected chi connectivity index (χ3v) is 4.43. The van der Waals surface area contributed by atoms with Gasteiger partial charge in [0.2, 0.25) is 0 Å². The maximum atomic E-state index is 11.9. The van der Waals surface area contributed by atoms with E-state index in [0.29, 0.717) is 12.2 Å². The fraction of sp³-hybridized carbons (Fsp3) is 0.300. The molecule has 0 atom stereocenters. The Hall–Kier alpha value is -0.790. The van der Waals surface area contributed by atoms with Crippen LogP contribution in [0.2, 0.25) is 0 Å². The SMILES string of the molecule is Cc1nc(C(=O)NCc2cnc(Br)s2)c(C)s1. The van der Waals surface area contributed by atoms with E-state index >= 15 is 0 Å². The van der Waals surface area contributed by atoms with Gasteiger partial charge >= 0.3 is 0 Å². The molecule has 0 fully saturated rings. The fourth-order valence-electron chi connectivity index (χ4n) is 1.36. The van der Waals surface area contributed by atoms with Crippen LogP contribution >= 0.6 is 38.6 Å². The van der Waals surface area contributed by atoms with E-state index < -0.39 is 0 Å². The molecule has 1 N–H and O–H groups in total. The number of hydrogen-bond acceptors (Lipinski definition) is 5. The lowest BCUT2D eigenvalue weighted by Crippen LogP contribution is -2.23. The summed E-state index contributed by atoms with van der Waals surface area (Å²) in [7, 11) is 0. The summed E-state index contributed by atoms with van der Waals surface area (Å²) in [5, 5.41) is 3.75. The Morgan fingerprint density at radius 3 is 2.76 bits per heavy atom. The number of aryl methyl sites for hydroxylation is 2. The molecular weight excluding hydrogens is 322 g/mol. The van der Waals surface area contributed by atoms with E-state index in [4.69, 9.17) is 0 Å². The van der Waals surface area contributed by atoms with Crippen molar-refractivity contribution in [1.82, 2.24) is 15.3 Å². The highest BCUT2D eigenvalue weighted by Gasteiger charge is 2.13. The molecule has 2 aromatic heterocycles. The lowest BCUT2D eigenvalue weighted by Gasteiger charge is -2.00. The topological polar surface area (TPSA) is 54.9 Å². The van der Waals surface area contributed by atoms with Gasteiger partial charge in [-0.05, 0) is 29.8 Å². The molecule has 0 aliphatic heterocycles. The molecule has 0 aromatic carbocycles. The molecule has 0 saturated carbocycles. The van der Waals surface area contributed by atoms with E-state index in [-0.39, 0.29) is 5.91 Å². The molecule has 0 aliphatic rings. The summed E-state index contributed by atoms with van der Waals surface area (Å²) in [5.41, 5.74) is 0.524. The summed E-state index contributed by atoms with van der Waals surface area (Å²) in [6.45, 7) is 4.29. The molecule has 2 rings (SSSR count). The molecule has 90 valence electrons. The first-order valence-corrected chi connectivity index (χ1v) is 7.31. The van der Waals surface area contributed by atoms with Crippen molar-refractivity contribution in [3.05, 3.63) is 30.6 Å². The number of rotatable bonds is 3. The van der Waals surface area contributed by atoms with Crippen molar-refractivity contribution >= 4 is 44.5 Å². The van der Waals surface area contributed by atoms with Gasteiger partial charge < -0.3 is 5.32 Å². The van der Waals surface area contributed by atoms with Crippen molar-refractivity contribution in [3.8, 4) is 0 Å². The molecular formula is C10H10BrN3OS2. The monoisotopic (exact) mass is 331 g/mol. The lowest BCUT2D eigenvalue weighted by atomic mass is 10.3. The van der Waals surface area contributed by atoms with Crippen LogP contribution in [0.4, 0.5) is 0 Å². The number of nitrogens with one attached hydrogen (secondary N) is 1. The molecule has 2 aromatic rings. The predicted octanol–water partition coefficient (Wildman–Crippen LogP) is 2.91. The van der Waals surface area contributed by atoms with E-state index in [0.717, 1.165) is 18.7 Å². The molecule has 0 aliphatic carbocycles. The molecule has 0 spiro atoms. The van der Waals surface area contributed by atoms with Gasteiger partial charge in [-0.1, -0.05) is 0 Å².